The van der Waals surface area contributed by atoms with Crippen LogP contribution < -0.4 is 0 Å². The molecule has 2 unspecified atom stereocenters. The van der Waals surface area contributed by atoms with Gasteiger partial charge in [0, 0.05) is 0 Å². The van der Waals surface area contributed by atoms with E-state index in [0.717, 1.165) is 19.3 Å². The fourth-order valence-corrected chi connectivity index (χ4v) is 3.52. The molecule has 1 fully saturated rings. The third-order valence-electron chi connectivity index (χ3n) is 5.38. The predicted octanol–water partition coefficient (Wildman–Crippen LogP) is 0.0801. The summed E-state index contributed by atoms with van der Waals surface area (Å²) in [6.45, 7) is 5.88. The van der Waals surface area contributed by atoms with Crippen LogP contribution in [0.5, 0.6) is 0 Å². The molecule has 0 saturated heterocycles. The van der Waals surface area contributed by atoms with E-state index in [1.54, 1.807) is 0 Å². The SMILES string of the molecule is CCCCB(O)OC1[C@@H](OB(O)CCCC)[C@@H](O)C(O)[C@H](O)[C@H]1OB(O)CCCC. The minimum atomic E-state index is -1.63. The Morgan fingerprint density at radius 2 is 0.833 bits per heavy atom. The molecule has 9 nitrogen and oxygen atoms in total. The van der Waals surface area contributed by atoms with Gasteiger partial charge in [-0.2, -0.15) is 0 Å². The quantitative estimate of drug-likeness (QED) is 0.198. The van der Waals surface area contributed by atoms with Crippen LogP contribution in [0.3, 0.4) is 0 Å². The van der Waals surface area contributed by atoms with Crippen LogP contribution in [0.15, 0.2) is 0 Å². The number of aliphatic hydroxyl groups is 3. The van der Waals surface area contributed by atoms with Crippen LogP contribution in [0.1, 0.15) is 59.3 Å². The molecule has 30 heavy (non-hydrogen) atoms. The second kappa shape index (κ2) is 14.8. The number of hydrogen-bond donors (Lipinski definition) is 6. The van der Waals surface area contributed by atoms with E-state index in [4.69, 9.17) is 14.0 Å². The maximum Gasteiger partial charge on any atom is 0.454 e. The molecule has 0 radical (unpaired) electrons. The average Bonchev–Trinajstić information content (AvgIpc) is 2.73. The van der Waals surface area contributed by atoms with Crippen LogP contribution in [0.2, 0.25) is 19.0 Å². The number of hydrogen-bond acceptors (Lipinski definition) is 9. The Morgan fingerprint density at radius 3 is 1.13 bits per heavy atom. The first-order chi connectivity index (χ1) is 14.3. The van der Waals surface area contributed by atoms with Gasteiger partial charge in [-0.3, -0.25) is 0 Å². The van der Waals surface area contributed by atoms with Crippen molar-refractivity contribution < 1.29 is 44.4 Å². The summed E-state index contributed by atoms with van der Waals surface area (Å²) in [4.78, 5) is 0. The van der Waals surface area contributed by atoms with Gasteiger partial charge in [-0.25, -0.2) is 0 Å². The molecule has 0 spiro atoms. The van der Waals surface area contributed by atoms with Crippen LogP contribution in [0.25, 0.3) is 0 Å². The van der Waals surface area contributed by atoms with Crippen molar-refractivity contribution in [2.24, 2.45) is 0 Å². The Bertz CT molecular complexity index is 421. The van der Waals surface area contributed by atoms with Gasteiger partial charge in [-0.05, 0) is 19.0 Å². The van der Waals surface area contributed by atoms with E-state index >= 15 is 0 Å². The molecule has 1 saturated carbocycles. The summed E-state index contributed by atoms with van der Waals surface area (Å²) in [6, 6.07) is 0. The predicted molar refractivity (Wildman–Crippen MR) is 116 cm³/mol. The molecule has 174 valence electrons. The molecule has 6 N–H and O–H groups in total. The van der Waals surface area contributed by atoms with E-state index in [-0.39, 0.29) is 0 Å². The summed E-state index contributed by atoms with van der Waals surface area (Å²) >= 11 is 0. The molecule has 0 bridgehead atoms. The first-order valence-corrected chi connectivity index (χ1v) is 11.3. The molecule has 6 atom stereocenters. The average molecular weight is 432 g/mol. The van der Waals surface area contributed by atoms with Crippen molar-refractivity contribution in [3.05, 3.63) is 0 Å². The van der Waals surface area contributed by atoms with Gasteiger partial charge in [-0.1, -0.05) is 59.3 Å². The Labute approximate surface area is 181 Å². The first-order valence-electron chi connectivity index (χ1n) is 11.3. The summed E-state index contributed by atoms with van der Waals surface area (Å²) < 4.78 is 16.8. The van der Waals surface area contributed by atoms with Gasteiger partial charge in [0.15, 0.2) is 0 Å². The minimum absolute atomic E-state index is 0.314. The maximum absolute atomic E-state index is 10.5. The van der Waals surface area contributed by atoms with Gasteiger partial charge in [0.1, 0.15) is 18.3 Å². The van der Waals surface area contributed by atoms with E-state index in [2.05, 4.69) is 0 Å². The summed E-state index contributed by atoms with van der Waals surface area (Å²) in [5.41, 5.74) is 0. The van der Waals surface area contributed by atoms with E-state index in [0.29, 0.717) is 38.2 Å². The molecule has 12 heteroatoms. The molecule has 0 aromatic heterocycles. The van der Waals surface area contributed by atoms with Crippen molar-refractivity contribution in [1.82, 2.24) is 0 Å². The minimum Gasteiger partial charge on any atom is -0.427 e. The molecule has 1 rings (SSSR count). The van der Waals surface area contributed by atoms with Crippen LogP contribution in [-0.2, 0) is 14.0 Å². The topological polar surface area (TPSA) is 149 Å². The molecule has 1 aliphatic rings. The van der Waals surface area contributed by atoms with Crippen LogP contribution >= 0.6 is 0 Å². The normalized spacial score (nSPS) is 29.1. The van der Waals surface area contributed by atoms with Gasteiger partial charge in [0.05, 0.1) is 18.3 Å². The van der Waals surface area contributed by atoms with Crippen molar-refractivity contribution in [2.45, 2.75) is 115 Å². The number of rotatable bonds is 15. The molecule has 0 aliphatic heterocycles. The van der Waals surface area contributed by atoms with Crippen molar-refractivity contribution >= 4 is 21.4 Å². The van der Waals surface area contributed by atoms with Crippen molar-refractivity contribution in [2.75, 3.05) is 0 Å². The van der Waals surface area contributed by atoms with Crippen molar-refractivity contribution in [1.29, 1.82) is 0 Å². The Balaban J connectivity index is 3.05. The van der Waals surface area contributed by atoms with E-state index < -0.39 is 58.0 Å². The second-order valence-corrected chi connectivity index (χ2v) is 8.06. The highest BCUT2D eigenvalue weighted by molar-refractivity contribution is 6.43. The van der Waals surface area contributed by atoms with Gasteiger partial charge in [-0.15, -0.1) is 0 Å². The van der Waals surface area contributed by atoms with Gasteiger partial charge < -0.3 is 44.4 Å². The maximum atomic E-state index is 10.5. The Hall–Kier alpha value is -0.165. The first kappa shape index (κ1) is 27.9. The highest BCUT2D eigenvalue weighted by atomic mass is 16.6. The summed E-state index contributed by atoms with van der Waals surface area (Å²) in [5, 5.41) is 62.0. The Kier molecular flexibility index (Phi) is 13.8. The number of unbranched alkanes of at least 4 members (excludes halogenated alkanes) is 3. The van der Waals surface area contributed by atoms with Crippen LogP contribution in [0, 0.1) is 0 Å². The lowest BCUT2D eigenvalue weighted by atomic mass is 9.75. The largest absolute Gasteiger partial charge is 0.454 e. The molecule has 0 heterocycles. The third kappa shape index (κ3) is 8.76. The lowest BCUT2D eigenvalue weighted by molar-refractivity contribution is -0.213. The Morgan fingerprint density at radius 1 is 0.533 bits per heavy atom. The summed E-state index contributed by atoms with van der Waals surface area (Å²) in [5.74, 6) is 0. The van der Waals surface area contributed by atoms with Gasteiger partial charge in [0.25, 0.3) is 0 Å². The highest BCUT2D eigenvalue weighted by Crippen LogP contribution is 2.30. The molecular weight excluding hydrogens is 393 g/mol. The van der Waals surface area contributed by atoms with E-state index in [9.17, 15) is 30.4 Å². The fourth-order valence-electron chi connectivity index (χ4n) is 3.52. The van der Waals surface area contributed by atoms with Gasteiger partial charge >= 0.3 is 21.4 Å². The molecular formula is C18H39B3O9. The van der Waals surface area contributed by atoms with Crippen molar-refractivity contribution in [3.8, 4) is 0 Å². The third-order valence-corrected chi connectivity index (χ3v) is 5.38. The van der Waals surface area contributed by atoms with Crippen LogP contribution in [0.4, 0.5) is 0 Å². The lowest BCUT2D eigenvalue weighted by Gasteiger charge is -2.47. The zero-order chi connectivity index (χ0) is 22.7. The van der Waals surface area contributed by atoms with E-state index in [1.807, 2.05) is 20.8 Å². The van der Waals surface area contributed by atoms with Crippen molar-refractivity contribution in [3.63, 3.8) is 0 Å². The van der Waals surface area contributed by atoms with Crippen LogP contribution in [-0.4, -0.2) is 88.4 Å². The van der Waals surface area contributed by atoms with E-state index in [1.165, 1.54) is 0 Å². The number of aliphatic hydroxyl groups excluding tert-OH is 3. The highest BCUT2D eigenvalue weighted by Gasteiger charge is 2.53. The smallest absolute Gasteiger partial charge is 0.427 e. The molecule has 0 aromatic rings. The molecule has 0 amide bonds. The summed E-state index contributed by atoms with van der Waals surface area (Å²) in [6.07, 6.45) is -3.02. The zero-order valence-electron chi connectivity index (χ0n) is 18.5. The molecule has 0 aromatic carbocycles. The standard InChI is InChI=1S/C18H39B3O9/c1-4-7-10-19(25)28-16-14(23)13(22)15(24)17(29-20(26)11-8-5-2)18(16)30-21(27)12-9-6-3/h13-18,22-27H,4-12H2,1-3H3/t13?,14-,15-,16-,17+,18?/m0/s1. The molecule has 1 aliphatic carbocycles. The van der Waals surface area contributed by atoms with Gasteiger partial charge in [0.2, 0.25) is 0 Å². The monoisotopic (exact) mass is 432 g/mol. The lowest BCUT2D eigenvalue weighted by Crippen LogP contribution is -2.67. The fraction of sp³-hybridized carbons (Fsp3) is 1.00. The summed E-state index contributed by atoms with van der Waals surface area (Å²) in [7, 11) is -3.67. The zero-order valence-corrected chi connectivity index (χ0v) is 18.5. The second-order valence-electron chi connectivity index (χ2n) is 8.06.